The Morgan fingerprint density at radius 3 is 0.445 bits per heavy atom. The molecule has 0 heterocycles. The van der Waals surface area contributed by atoms with Gasteiger partial charge in [0, 0.05) is 24.5 Å². The zero-order chi connectivity index (χ0) is 74.6. The smallest absolute Gasteiger partial charge is 0.119 e. The van der Waals surface area contributed by atoms with Crippen molar-refractivity contribution in [3.63, 3.8) is 0 Å². The van der Waals surface area contributed by atoms with Crippen LogP contribution >= 0.6 is 63.1 Å². The fourth-order valence-electron chi connectivity index (χ4n) is 16.5. The average molecular weight is 1630 g/mol. The first-order valence-electron chi connectivity index (χ1n) is 43.5. The minimum atomic E-state index is 0. The molecule has 10 rings (SSSR count). The Kier molecular flexibility index (Phi) is 63.3. The predicted molar refractivity (Wildman–Crippen MR) is 479 cm³/mol. The van der Waals surface area contributed by atoms with E-state index in [2.05, 4.69) is 97.8 Å². The summed E-state index contributed by atoms with van der Waals surface area (Å²) in [5.41, 5.74) is 0. The second-order valence-electron chi connectivity index (χ2n) is 32.7. The highest BCUT2D eigenvalue weighted by molar-refractivity contribution is 7.81. The molecule has 0 radical (unpaired) electrons. The molecule has 0 aromatic heterocycles. The molecule has 0 atom stereocenters. The Morgan fingerprint density at radius 1 is 0.191 bits per heavy atom. The molecule has 630 valence electrons. The summed E-state index contributed by atoms with van der Waals surface area (Å²) in [5.74, 6) is 13.6. The van der Waals surface area contributed by atoms with Gasteiger partial charge in [-0.1, -0.05) is 259 Å². The molecule has 0 bridgehead atoms. The van der Waals surface area contributed by atoms with Gasteiger partial charge in [-0.15, -0.1) is 63.1 Å². The first-order valence-corrected chi connectivity index (χ1v) is 45.7. The monoisotopic (exact) mass is 1630 g/mol. The van der Waals surface area contributed by atoms with Crippen LogP contribution < -0.4 is 23.7 Å². The molecule has 110 heavy (non-hydrogen) atoms. The van der Waals surface area contributed by atoms with Crippen LogP contribution in [0.4, 0.5) is 23.5 Å². The lowest BCUT2D eigenvalue weighted by Gasteiger charge is -2.28. The van der Waals surface area contributed by atoms with Gasteiger partial charge in [-0.3, -0.25) is 23.5 Å². The van der Waals surface area contributed by atoms with Gasteiger partial charge in [0.15, 0.2) is 0 Å². The van der Waals surface area contributed by atoms with Crippen molar-refractivity contribution in [2.75, 3.05) is 33.0 Å². The minimum Gasteiger partial charge on any atom is -0.493 e. The topological polar surface area (TPSA) is 46.2 Å². The minimum absolute atomic E-state index is 0. The molecule has 5 aromatic rings. The number of unbranched alkanes of at least 4 members (excludes halogenated alkanes) is 15. The summed E-state index contributed by atoms with van der Waals surface area (Å²) in [6.07, 6.45) is 63.0. The highest BCUT2D eigenvalue weighted by Crippen LogP contribution is 2.38. The Hall–Kier alpha value is -3.50. The molecule has 0 saturated heterocycles. The van der Waals surface area contributed by atoms with Crippen LogP contribution in [0.3, 0.4) is 0 Å². The van der Waals surface area contributed by atoms with Crippen LogP contribution in [0, 0.1) is 59.2 Å². The molecule has 5 aliphatic carbocycles. The summed E-state index contributed by atoms with van der Waals surface area (Å²) in [6, 6.07) is 40.1. The van der Waals surface area contributed by atoms with Crippen LogP contribution in [0.5, 0.6) is 28.7 Å². The first-order chi connectivity index (χ1) is 51.4. The van der Waals surface area contributed by atoms with Crippen molar-refractivity contribution >= 4 is 63.1 Å². The number of benzene rings is 5. The van der Waals surface area contributed by atoms with Gasteiger partial charge in [0.1, 0.15) is 28.7 Å². The zero-order valence-electron chi connectivity index (χ0n) is 69.0. The van der Waals surface area contributed by atoms with Crippen molar-refractivity contribution in [1.29, 1.82) is 0 Å². The number of rotatable bonds is 40. The van der Waals surface area contributed by atoms with E-state index in [-0.39, 0.29) is 23.5 Å². The van der Waals surface area contributed by atoms with Gasteiger partial charge in [-0.2, -0.15) is 0 Å². The summed E-state index contributed by atoms with van der Waals surface area (Å²) >= 11 is 21.5. The van der Waals surface area contributed by atoms with E-state index in [4.69, 9.17) is 23.7 Å². The molecule has 5 saturated carbocycles. The van der Waals surface area contributed by atoms with Crippen LogP contribution in [0.15, 0.2) is 146 Å². The maximum atomic E-state index is 5.91. The summed E-state index contributed by atoms with van der Waals surface area (Å²) < 4.78 is 29.6. The van der Waals surface area contributed by atoms with Gasteiger partial charge < -0.3 is 23.7 Å². The van der Waals surface area contributed by atoms with Crippen molar-refractivity contribution < 1.29 is 47.2 Å². The molecule has 5 nitrogen and oxygen atoms in total. The largest absolute Gasteiger partial charge is 0.493 e. The van der Waals surface area contributed by atoms with Crippen LogP contribution in [-0.4, -0.2) is 33.0 Å². The standard InChI is InChI=1S/5C19H30OS.5FH/c5*1-2-3-4-5-6-16-7-9-17(10-8-16)15-20-18-11-13-19(21)14-12-18;;;;;/h5*11-14,16-17,21H,2-10,15H2,1H3;5*1H. The second-order valence-corrected chi connectivity index (χ2v) is 35.3. The van der Waals surface area contributed by atoms with Crippen LogP contribution in [0.25, 0.3) is 0 Å². The Balaban J connectivity index is 0.000000680. The van der Waals surface area contributed by atoms with Crippen molar-refractivity contribution in [2.45, 2.75) is 348 Å². The Labute approximate surface area is 695 Å². The molecule has 0 unspecified atom stereocenters. The average Bonchev–Trinajstić information content (AvgIpc) is 0.911. The van der Waals surface area contributed by atoms with E-state index in [1.54, 1.807) is 0 Å². The Bertz CT molecular complexity index is 2370. The van der Waals surface area contributed by atoms with E-state index >= 15 is 0 Å². The quantitative estimate of drug-likeness (QED) is 0.0154. The lowest BCUT2D eigenvalue weighted by atomic mass is 9.80. The highest BCUT2D eigenvalue weighted by atomic mass is 32.1. The van der Waals surface area contributed by atoms with E-state index in [0.29, 0.717) is 0 Å². The van der Waals surface area contributed by atoms with Crippen LogP contribution in [0.1, 0.15) is 324 Å². The maximum absolute atomic E-state index is 5.91. The van der Waals surface area contributed by atoms with Crippen LogP contribution in [0.2, 0.25) is 0 Å². The SMILES string of the molecule is CCCCCCC1CCC(COc2ccc(S)cc2)CC1.CCCCCCC1CCC(COc2ccc(S)cc2)CC1.CCCCCCC1CCC(COc2ccc(S)cc2)CC1.CCCCCCC1CCC(COc2ccc(S)cc2)CC1.CCCCCCC1CCC(COc2ccc(S)cc2)CC1.F.F.F.F.F. The lowest BCUT2D eigenvalue weighted by molar-refractivity contribution is 0.177. The second kappa shape index (κ2) is 66.6. The summed E-state index contributed by atoms with van der Waals surface area (Å²) in [6.45, 7) is 15.9. The molecule has 0 aliphatic heterocycles. The predicted octanol–water partition coefficient (Wildman–Crippen LogP) is 31.4. The zero-order valence-corrected chi connectivity index (χ0v) is 73.5. The third-order valence-corrected chi connectivity index (χ3v) is 25.3. The Morgan fingerprint density at radius 2 is 0.318 bits per heavy atom. The summed E-state index contributed by atoms with van der Waals surface area (Å²) in [4.78, 5) is 4.96. The number of hydrogen-bond acceptors (Lipinski definition) is 10. The van der Waals surface area contributed by atoms with Crippen LogP contribution in [-0.2, 0) is 0 Å². The maximum Gasteiger partial charge on any atom is 0.119 e. The van der Waals surface area contributed by atoms with Gasteiger partial charge in [0.05, 0.1) is 33.0 Å². The van der Waals surface area contributed by atoms with Crippen molar-refractivity contribution in [3.8, 4) is 28.7 Å². The van der Waals surface area contributed by atoms with Crippen molar-refractivity contribution in [2.24, 2.45) is 59.2 Å². The number of thiol groups is 5. The summed E-state index contributed by atoms with van der Waals surface area (Å²) in [7, 11) is 0. The molecule has 0 spiro atoms. The van der Waals surface area contributed by atoms with Gasteiger partial charge >= 0.3 is 0 Å². The van der Waals surface area contributed by atoms with E-state index in [1.165, 1.54) is 289 Å². The van der Waals surface area contributed by atoms with E-state index in [0.717, 1.165) is 145 Å². The van der Waals surface area contributed by atoms with Gasteiger partial charge in [0.25, 0.3) is 0 Å². The number of halogens is 5. The van der Waals surface area contributed by atoms with E-state index in [9.17, 15) is 0 Å². The molecular formula is C95H155F5O5S5. The molecule has 5 aromatic carbocycles. The van der Waals surface area contributed by atoms with E-state index in [1.807, 2.05) is 121 Å². The summed E-state index contributed by atoms with van der Waals surface area (Å²) in [5, 5.41) is 0. The number of hydrogen-bond donors (Lipinski definition) is 5. The van der Waals surface area contributed by atoms with E-state index < -0.39 is 0 Å². The fourth-order valence-corrected chi connectivity index (χ4v) is 17.3. The molecule has 5 aliphatic rings. The molecule has 15 heteroatoms. The lowest BCUT2D eigenvalue weighted by Crippen LogP contribution is -2.20. The van der Waals surface area contributed by atoms with Crippen molar-refractivity contribution in [1.82, 2.24) is 0 Å². The van der Waals surface area contributed by atoms with Gasteiger partial charge in [-0.25, -0.2) is 0 Å². The molecule has 0 N–H and O–H groups in total. The van der Waals surface area contributed by atoms with Crippen molar-refractivity contribution in [3.05, 3.63) is 121 Å². The number of ether oxygens (including phenoxy) is 5. The third kappa shape index (κ3) is 48.8. The normalized spacial score (nSPS) is 21.2. The molecule has 5 fully saturated rings. The third-order valence-electron chi connectivity index (χ3n) is 23.8. The molecule has 0 amide bonds. The first kappa shape index (κ1) is 105. The van der Waals surface area contributed by atoms with Gasteiger partial charge in [-0.05, 0) is 245 Å². The highest BCUT2D eigenvalue weighted by Gasteiger charge is 2.26. The van der Waals surface area contributed by atoms with Gasteiger partial charge in [0.2, 0.25) is 0 Å². The molecular weight excluding hydrogens is 1480 g/mol. The fraction of sp³-hybridized carbons (Fsp3) is 0.684.